The number of carbonyl (C=O) groups is 1. The number of aromatic nitrogens is 2. The summed E-state index contributed by atoms with van der Waals surface area (Å²) in [5.74, 6) is 1.51. The van der Waals surface area contributed by atoms with E-state index >= 15 is 0 Å². The predicted octanol–water partition coefficient (Wildman–Crippen LogP) is 3.26. The molecule has 142 valence electrons. The van der Waals surface area contributed by atoms with Crippen LogP contribution in [0.4, 0.5) is 5.82 Å². The third-order valence-electron chi connectivity index (χ3n) is 3.97. The van der Waals surface area contributed by atoms with E-state index in [0.717, 1.165) is 5.56 Å². The lowest BCUT2D eigenvalue weighted by Crippen LogP contribution is -2.07. The number of aryl methyl sites for hydroxylation is 1. The molecule has 1 atom stereocenters. The van der Waals surface area contributed by atoms with Crippen LogP contribution in [0.3, 0.4) is 0 Å². The number of benzene rings is 1. The van der Waals surface area contributed by atoms with Gasteiger partial charge in [0.25, 0.3) is 0 Å². The van der Waals surface area contributed by atoms with E-state index in [2.05, 4.69) is 9.97 Å². The Morgan fingerprint density at radius 2 is 2.07 bits per heavy atom. The highest BCUT2D eigenvalue weighted by Crippen LogP contribution is 2.30. The van der Waals surface area contributed by atoms with Crippen LogP contribution in [-0.2, 0) is 10.5 Å². The van der Waals surface area contributed by atoms with E-state index in [1.165, 1.54) is 11.8 Å². The van der Waals surface area contributed by atoms with Gasteiger partial charge in [0.15, 0.2) is 0 Å². The number of fused-ring (bicyclic) bond motifs is 1. The Kier molecular flexibility index (Phi) is 5.98. The summed E-state index contributed by atoms with van der Waals surface area (Å²) in [6.07, 6.45) is -0.571. The zero-order chi connectivity index (χ0) is 19.4. The number of nitrogens with two attached hydrogens (primary N) is 1. The fraction of sp³-hybridized carbons (Fsp3) is 0.316. The van der Waals surface area contributed by atoms with Crippen molar-refractivity contribution in [3.63, 3.8) is 0 Å². The monoisotopic (exact) mass is 387 g/mol. The van der Waals surface area contributed by atoms with Gasteiger partial charge in [-0.25, -0.2) is 9.78 Å². The largest absolute Gasteiger partial charge is 0.462 e. The van der Waals surface area contributed by atoms with Gasteiger partial charge in [-0.3, -0.25) is 0 Å². The first kappa shape index (κ1) is 19.2. The van der Waals surface area contributed by atoms with Crippen molar-refractivity contribution < 1.29 is 19.1 Å². The van der Waals surface area contributed by atoms with Gasteiger partial charge in [0.1, 0.15) is 23.0 Å². The first-order chi connectivity index (χ1) is 13.0. The number of esters is 1. The zero-order valence-electron chi connectivity index (χ0n) is 15.1. The molecule has 0 aliphatic carbocycles. The van der Waals surface area contributed by atoms with Crippen molar-refractivity contribution in [3.05, 3.63) is 53.0 Å². The Bertz CT molecular complexity index is 943. The molecule has 0 aliphatic rings. The van der Waals surface area contributed by atoms with Gasteiger partial charge in [-0.05, 0) is 19.4 Å². The molecule has 3 rings (SSSR count). The second-order valence-electron chi connectivity index (χ2n) is 5.90. The van der Waals surface area contributed by atoms with Crippen LogP contribution in [0.25, 0.3) is 11.1 Å². The van der Waals surface area contributed by atoms with E-state index in [9.17, 15) is 9.90 Å². The van der Waals surface area contributed by atoms with Gasteiger partial charge in [-0.2, -0.15) is 16.7 Å². The molecule has 0 saturated heterocycles. The Hall–Kier alpha value is -2.58. The molecule has 0 amide bonds. The average molecular weight is 387 g/mol. The normalized spacial score (nSPS) is 12.3. The molecule has 0 fully saturated rings. The molecular weight excluding hydrogens is 366 g/mol. The molecule has 0 saturated carbocycles. The lowest BCUT2D eigenvalue weighted by Gasteiger charge is -2.10. The maximum absolute atomic E-state index is 12.1. The van der Waals surface area contributed by atoms with E-state index in [1.807, 2.05) is 30.3 Å². The SMILES string of the molecule is CCOC(=O)c1c(C)oc2nc(CSCC(O)c3ccccc3)nc(N)c12. The van der Waals surface area contributed by atoms with Gasteiger partial charge in [-0.15, -0.1) is 0 Å². The van der Waals surface area contributed by atoms with Gasteiger partial charge in [0.05, 0.1) is 23.8 Å². The summed E-state index contributed by atoms with van der Waals surface area (Å²) in [7, 11) is 0. The first-order valence-electron chi connectivity index (χ1n) is 8.54. The topological polar surface area (TPSA) is 111 Å². The predicted molar refractivity (Wildman–Crippen MR) is 104 cm³/mol. The number of aliphatic hydroxyl groups excluding tert-OH is 1. The van der Waals surface area contributed by atoms with Crippen molar-refractivity contribution in [2.24, 2.45) is 0 Å². The number of ether oxygens (including phenoxy) is 1. The molecule has 0 spiro atoms. The van der Waals surface area contributed by atoms with Crippen LogP contribution in [0, 0.1) is 6.92 Å². The lowest BCUT2D eigenvalue weighted by molar-refractivity contribution is 0.0526. The van der Waals surface area contributed by atoms with E-state index in [4.69, 9.17) is 14.9 Å². The number of anilines is 1. The molecule has 0 aliphatic heterocycles. The Morgan fingerprint density at radius 3 is 2.78 bits per heavy atom. The molecule has 3 aromatic rings. The summed E-state index contributed by atoms with van der Waals surface area (Å²) in [6, 6.07) is 9.45. The van der Waals surface area contributed by atoms with Crippen molar-refractivity contribution in [2.45, 2.75) is 25.7 Å². The van der Waals surface area contributed by atoms with Crippen molar-refractivity contribution >= 4 is 34.6 Å². The maximum atomic E-state index is 12.1. The molecule has 0 bridgehead atoms. The van der Waals surface area contributed by atoms with Crippen molar-refractivity contribution in [1.82, 2.24) is 9.97 Å². The molecule has 27 heavy (non-hydrogen) atoms. The number of nitrogens with zero attached hydrogens (tertiary/aromatic N) is 2. The summed E-state index contributed by atoms with van der Waals surface area (Å²) in [4.78, 5) is 20.8. The highest BCUT2D eigenvalue weighted by Gasteiger charge is 2.23. The van der Waals surface area contributed by atoms with Gasteiger partial charge >= 0.3 is 5.97 Å². The van der Waals surface area contributed by atoms with Gasteiger partial charge in [0.2, 0.25) is 5.71 Å². The average Bonchev–Trinajstić information content (AvgIpc) is 2.99. The smallest absolute Gasteiger partial charge is 0.342 e. The Morgan fingerprint density at radius 1 is 1.33 bits per heavy atom. The first-order valence-corrected chi connectivity index (χ1v) is 9.70. The van der Waals surface area contributed by atoms with Crippen LogP contribution >= 0.6 is 11.8 Å². The third kappa shape index (κ3) is 4.23. The van der Waals surface area contributed by atoms with Crippen LogP contribution in [0.5, 0.6) is 0 Å². The molecule has 8 heteroatoms. The van der Waals surface area contributed by atoms with Gasteiger partial charge in [0, 0.05) is 5.75 Å². The number of furan rings is 1. The summed E-state index contributed by atoms with van der Waals surface area (Å²) in [5, 5.41) is 10.6. The van der Waals surface area contributed by atoms with Gasteiger partial charge < -0.3 is 20.0 Å². The standard InChI is InChI=1S/C19H21N3O4S/c1-3-25-19(24)15-11(2)26-18-16(15)17(20)21-14(22-18)10-27-9-13(23)12-7-5-4-6-8-12/h4-8,13,23H,3,9-10H2,1-2H3,(H2,20,21,22). The third-order valence-corrected chi connectivity index (χ3v) is 4.99. The van der Waals surface area contributed by atoms with Crippen LogP contribution in [-0.4, -0.2) is 33.4 Å². The summed E-state index contributed by atoms with van der Waals surface area (Å²) in [6.45, 7) is 3.65. The quantitative estimate of drug-likeness (QED) is 0.594. The minimum absolute atomic E-state index is 0.180. The molecule has 7 nitrogen and oxygen atoms in total. The number of thioether (sulfide) groups is 1. The molecule has 0 radical (unpaired) electrons. The highest BCUT2D eigenvalue weighted by molar-refractivity contribution is 7.98. The second kappa shape index (κ2) is 8.41. The lowest BCUT2D eigenvalue weighted by atomic mass is 10.1. The second-order valence-corrected chi connectivity index (χ2v) is 6.93. The van der Waals surface area contributed by atoms with E-state index in [1.54, 1.807) is 13.8 Å². The Labute approximate surface area is 160 Å². The van der Waals surface area contributed by atoms with Crippen molar-refractivity contribution in [1.29, 1.82) is 0 Å². The van der Waals surface area contributed by atoms with E-state index < -0.39 is 12.1 Å². The molecule has 2 aromatic heterocycles. The van der Waals surface area contributed by atoms with Gasteiger partial charge in [-0.1, -0.05) is 30.3 Å². The molecular formula is C19H21N3O4S. The summed E-state index contributed by atoms with van der Waals surface area (Å²) in [5.41, 5.74) is 7.45. The van der Waals surface area contributed by atoms with Crippen molar-refractivity contribution in [3.8, 4) is 0 Å². The molecule has 2 heterocycles. The number of carbonyl (C=O) groups excluding carboxylic acids is 1. The number of rotatable bonds is 7. The fourth-order valence-corrected chi connectivity index (χ4v) is 3.58. The highest BCUT2D eigenvalue weighted by atomic mass is 32.2. The van der Waals surface area contributed by atoms with E-state index in [-0.39, 0.29) is 23.7 Å². The van der Waals surface area contributed by atoms with Crippen LogP contribution in [0.1, 0.15) is 40.5 Å². The zero-order valence-corrected chi connectivity index (χ0v) is 16.0. The summed E-state index contributed by atoms with van der Waals surface area (Å²) < 4.78 is 10.6. The van der Waals surface area contributed by atoms with Crippen LogP contribution in [0.2, 0.25) is 0 Å². The fourth-order valence-electron chi connectivity index (χ4n) is 2.73. The van der Waals surface area contributed by atoms with Crippen LogP contribution in [0.15, 0.2) is 34.7 Å². The minimum Gasteiger partial charge on any atom is -0.462 e. The van der Waals surface area contributed by atoms with E-state index in [0.29, 0.717) is 28.5 Å². The minimum atomic E-state index is -0.571. The number of nitrogen functional groups attached to an aromatic ring is 1. The summed E-state index contributed by atoms with van der Waals surface area (Å²) >= 11 is 1.49. The van der Waals surface area contributed by atoms with Crippen molar-refractivity contribution in [2.75, 3.05) is 18.1 Å². The number of hydrogen-bond acceptors (Lipinski definition) is 8. The molecule has 3 N–H and O–H groups in total. The molecule has 1 unspecified atom stereocenters. The molecule has 1 aromatic carbocycles. The maximum Gasteiger partial charge on any atom is 0.342 e. The van der Waals surface area contributed by atoms with Crippen LogP contribution < -0.4 is 5.73 Å². The number of hydrogen-bond donors (Lipinski definition) is 2. The Balaban J connectivity index is 1.74. The number of aliphatic hydroxyl groups is 1.